The number of carbonyl (C=O) groups is 2. The number of nitrogens with zero attached hydrogens (tertiary/aromatic N) is 3. The minimum Gasteiger partial charge on any atom is -0.334 e. The van der Waals surface area contributed by atoms with Gasteiger partial charge in [-0.25, -0.2) is 9.59 Å². The zero-order chi connectivity index (χ0) is 25.9. The summed E-state index contributed by atoms with van der Waals surface area (Å²) in [4.78, 5) is 45.7. The molecule has 8 heteroatoms. The fourth-order valence-electron chi connectivity index (χ4n) is 5.56. The molecular weight excluding hydrogens is 466 g/mol. The second-order valence-corrected chi connectivity index (χ2v) is 10.5. The number of imidazole rings is 1. The highest BCUT2D eigenvalue weighted by Crippen LogP contribution is 2.34. The summed E-state index contributed by atoms with van der Waals surface area (Å²) >= 11 is 0. The van der Waals surface area contributed by atoms with Crippen molar-refractivity contribution in [1.29, 1.82) is 0 Å². The van der Waals surface area contributed by atoms with Crippen molar-refractivity contribution in [2.45, 2.75) is 51.2 Å². The van der Waals surface area contributed by atoms with Crippen LogP contribution in [0.5, 0.6) is 0 Å². The van der Waals surface area contributed by atoms with Gasteiger partial charge in [0.05, 0.1) is 11.7 Å². The lowest BCUT2D eigenvalue weighted by Crippen LogP contribution is -2.50. The minimum absolute atomic E-state index is 0.0156. The minimum atomic E-state index is -0.532. The van der Waals surface area contributed by atoms with Gasteiger partial charge in [0.25, 0.3) is 0 Å². The molecule has 2 aliphatic rings. The van der Waals surface area contributed by atoms with E-state index in [9.17, 15) is 14.4 Å². The van der Waals surface area contributed by atoms with E-state index in [0.29, 0.717) is 44.8 Å². The number of amides is 3. The molecule has 8 nitrogen and oxygen atoms in total. The van der Waals surface area contributed by atoms with Gasteiger partial charge in [-0.3, -0.25) is 9.36 Å². The molecule has 2 saturated heterocycles. The van der Waals surface area contributed by atoms with Crippen LogP contribution in [0, 0.1) is 5.92 Å². The van der Waals surface area contributed by atoms with E-state index in [1.54, 1.807) is 9.47 Å². The van der Waals surface area contributed by atoms with Crippen LogP contribution in [0.25, 0.3) is 11.3 Å². The van der Waals surface area contributed by atoms with Gasteiger partial charge in [0.1, 0.15) is 6.04 Å². The van der Waals surface area contributed by atoms with Gasteiger partial charge in [0.15, 0.2) is 0 Å². The van der Waals surface area contributed by atoms with Crippen LogP contribution in [0.3, 0.4) is 0 Å². The number of likely N-dealkylation sites (tertiary alicyclic amines) is 2. The van der Waals surface area contributed by atoms with Crippen LogP contribution >= 0.6 is 0 Å². The summed E-state index contributed by atoms with van der Waals surface area (Å²) in [7, 11) is 0. The van der Waals surface area contributed by atoms with Crippen LogP contribution in [0.15, 0.2) is 71.7 Å². The summed E-state index contributed by atoms with van der Waals surface area (Å²) in [6.07, 6.45) is 3.81. The Morgan fingerprint density at radius 3 is 2.30 bits per heavy atom. The monoisotopic (exact) mass is 501 g/mol. The average molecular weight is 502 g/mol. The van der Waals surface area contributed by atoms with Gasteiger partial charge in [-0.05, 0) is 29.9 Å². The fourth-order valence-corrected chi connectivity index (χ4v) is 5.56. The van der Waals surface area contributed by atoms with E-state index in [2.05, 4.69) is 24.1 Å². The summed E-state index contributed by atoms with van der Waals surface area (Å²) < 4.78 is 1.76. The van der Waals surface area contributed by atoms with Crippen LogP contribution in [-0.4, -0.2) is 57.0 Å². The van der Waals surface area contributed by atoms with Gasteiger partial charge >= 0.3 is 11.7 Å². The Hall–Kier alpha value is -3.81. The SMILES string of the molecule is CC(C)CN1C(=O)[C@H](NC(=O)N2CCC(n3cc(-c4ccccc4)[nH]c3=O)CC2)C[C@H]1c1ccccc1. The number of H-pyrrole nitrogens is 1. The molecule has 2 aromatic carbocycles. The molecule has 0 unspecified atom stereocenters. The molecule has 2 atom stereocenters. The molecule has 1 aromatic heterocycles. The van der Waals surface area contributed by atoms with E-state index in [0.717, 1.165) is 16.8 Å². The Bertz CT molecular complexity index is 1280. The van der Waals surface area contributed by atoms with Gasteiger partial charge in [0.2, 0.25) is 5.91 Å². The number of aromatic amines is 1. The maximum atomic E-state index is 13.3. The summed E-state index contributed by atoms with van der Waals surface area (Å²) in [5.74, 6) is 0.320. The van der Waals surface area contributed by atoms with Gasteiger partial charge in [0, 0.05) is 38.3 Å². The quantitative estimate of drug-likeness (QED) is 0.531. The number of aromatic nitrogens is 2. The Morgan fingerprint density at radius 2 is 1.65 bits per heavy atom. The molecule has 5 rings (SSSR count). The Kier molecular flexibility index (Phi) is 7.17. The van der Waals surface area contributed by atoms with E-state index in [1.165, 1.54) is 0 Å². The maximum absolute atomic E-state index is 13.3. The molecule has 0 radical (unpaired) electrons. The number of benzene rings is 2. The number of nitrogens with one attached hydrogen (secondary N) is 2. The van der Waals surface area contributed by atoms with Gasteiger partial charge in [-0.2, -0.15) is 0 Å². The summed E-state index contributed by atoms with van der Waals surface area (Å²) in [6, 6.07) is 19.1. The molecule has 3 amide bonds. The second kappa shape index (κ2) is 10.7. The molecule has 0 aliphatic carbocycles. The standard InChI is InChI=1S/C29H35N5O3/c1-20(2)18-34-26(22-11-7-4-8-12-22)17-24(27(34)35)30-28(36)32-15-13-23(14-16-32)33-19-25(31-29(33)37)21-9-5-3-6-10-21/h3-12,19-20,23-24,26H,13-18H2,1-2H3,(H,30,36)(H,31,37)/t24-,26+/m1/s1. The van der Waals surface area contributed by atoms with Crippen LogP contribution in [0.4, 0.5) is 4.79 Å². The van der Waals surface area contributed by atoms with Crippen LogP contribution in [0.1, 0.15) is 50.8 Å². The normalized spacial score (nSPS) is 20.6. The molecule has 2 fully saturated rings. The van der Waals surface area contributed by atoms with Gasteiger partial charge < -0.3 is 20.1 Å². The van der Waals surface area contributed by atoms with Crippen molar-refractivity contribution in [2.24, 2.45) is 5.92 Å². The van der Waals surface area contributed by atoms with E-state index in [1.807, 2.05) is 71.8 Å². The molecule has 0 bridgehead atoms. The number of hydrogen-bond donors (Lipinski definition) is 2. The third-order valence-corrected chi connectivity index (χ3v) is 7.43. The Morgan fingerprint density at radius 1 is 1.00 bits per heavy atom. The van der Waals surface area contributed by atoms with Crippen molar-refractivity contribution >= 4 is 11.9 Å². The summed E-state index contributed by atoms with van der Waals surface area (Å²) in [5, 5.41) is 3.01. The molecule has 0 spiro atoms. The molecular formula is C29H35N5O3. The second-order valence-electron chi connectivity index (χ2n) is 10.5. The van der Waals surface area contributed by atoms with Crippen molar-refractivity contribution in [1.82, 2.24) is 24.7 Å². The number of piperidine rings is 1. The first kappa shape index (κ1) is 24.9. The molecule has 194 valence electrons. The molecule has 2 N–H and O–H groups in total. The molecule has 0 saturated carbocycles. The van der Waals surface area contributed by atoms with Crippen molar-refractivity contribution < 1.29 is 9.59 Å². The lowest BCUT2D eigenvalue weighted by molar-refractivity contribution is -0.131. The highest BCUT2D eigenvalue weighted by molar-refractivity contribution is 5.89. The highest BCUT2D eigenvalue weighted by atomic mass is 16.2. The maximum Gasteiger partial charge on any atom is 0.326 e. The first-order valence-corrected chi connectivity index (χ1v) is 13.2. The summed E-state index contributed by atoms with van der Waals surface area (Å²) in [6.45, 7) is 5.93. The predicted octanol–water partition coefficient (Wildman–Crippen LogP) is 4.19. The molecule has 3 heterocycles. The zero-order valence-corrected chi connectivity index (χ0v) is 21.5. The van der Waals surface area contributed by atoms with E-state index >= 15 is 0 Å². The lowest BCUT2D eigenvalue weighted by atomic mass is 10.0. The topological polar surface area (TPSA) is 90.4 Å². The summed E-state index contributed by atoms with van der Waals surface area (Å²) in [5.41, 5.74) is 2.73. The smallest absolute Gasteiger partial charge is 0.326 e. The lowest BCUT2D eigenvalue weighted by Gasteiger charge is -2.32. The average Bonchev–Trinajstić information content (AvgIpc) is 3.45. The van der Waals surface area contributed by atoms with Crippen LogP contribution < -0.4 is 11.0 Å². The zero-order valence-electron chi connectivity index (χ0n) is 21.5. The third-order valence-electron chi connectivity index (χ3n) is 7.43. The number of urea groups is 1. The Labute approximate surface area is 217 Å². The van der Waals surface area contributed by atoms with Gasteiger partial charge in [-0.1, -0.05) is 74.5 Å². The number of rotatable bonds is 6. The Balaban J connectivity index is 1.21. The van der Waals surface area contributed by atoms with Crippen molar-refractivity contribution in [3.05, 3.63) is 82.9 Å². The predicted molar refractivity (Wildman–Crippen MR) is 143 cm³/mol. The largest absolute Gasteiger partial charge is 0.334 e. The highest BCUT2D eigenvalue weighted by Gasteiger charge is 2.41. The van der Waals surface area contributed by atoms with E-state index in [-0.39, 0.29) is 29.7 Å². The number of carbonyl (C=O) groups excluding carboxylic acids is 2. The van der Waals surface area contributed by atoms with E-state index < -0.39 is 6.04 Å². The molecule has 2 aliphatic heterocycles. The van der Waals surface area contributed by atoms with E-state index in [4.69, 9.17) is 0 Å². The van der Waals surface area contributed by atoms with Crippen molar-refractivity contribution in [3.8, 4) is 11.3 Å². The van der Waals surface area contributed by atoms with Crippen molar-refractivity contribution in [3.63, 3.8) is 0 Å². The number of hydrogen-bond acceptors (Lipinski definition) is 3. The van der Waals surface area contributed by atoms with Crippen LogP contribution in [0.2, 0.25) is 0 Å². The molecule has 37 heavy (non-hydrogen) atoms. The van der Waals surface area contributed by atoms with Crippen LogP contribution in [-0.2, 0) is 4.79 Å². The first-order valence-electron chi connectivity index (χ1n) is 13.2. The van der Waals surface area contributed by atoms with Crippen molar-refractivity contribution in [2.75, 3.05) is 19.6 Å². The first-order chi connectivity index (χ1) is 17.9. The molecule has 3 aromatic rings. The van der Waals surface area contributed by atoms with Gasteiger partial charge in [-0.15, -0.1) is 0 Å². The fraction of sp³-hybridized carbons (Fsp3) is 0.414. The third kappa shape index (κ3) is 5.33.